The number of nitrogens with one attached hydrogen (secondary N) is 1. The molecular formula is C31H38BrN3O4S. The molecule has 0 aromatic heterocycles. The molecule has 0 unspecified atom stereocenters. The van der Waals surface area contributed by atoms with E-state index in [0.717, 1.165) is 19.9 Å². The van der Waals surface area contributed by atoms with Gasteiger partial charge in [-0.25, -0.2) is 8.42 Å². The van der Waals surface area contributed by atoms with Crippen molar-refractivity contribution < 1.29 is 18.0 Å². The van der Waals surface area contributed by atoms with Gasteiger partial charge in [0.15, 0.2) is 0 Å². The predicted molar refractivity (Wildman–Crippen MR) is 164 cm³/mol. The highest BCUT2D eigenvalue weighted by atomic mass is 79.9. The molecule has 1 N–H and O–H groups in total. The minimum absolute atomic E-state index is 0.0814. The van der Waals surface area contributed by atoms with Gasteiger partial charge in [-0.05, 0) is 66.3 Å². The minimum Gasteiger partial charge on any atom is -0.354 e. The van der Waals surface area contributed by atoms with Crippen LogP contribution in [0.4, 0.5) is 5.69 Å². The number of anilines is 1. The van der Waals surface area contributed by atoms with Crippen molar-refractivity contribution in [1.82, 2.24) is 10.2 Å². The van der Waals surface area contributed by atoms with Crippen LogP contribution in [0.5, 0.6) is 0 Å². The standard InChI is InChI=1S/C31H38BrN3O4S/c1-22(2)19-33-31(37)24(5)34(20-25-11-15-27(32)16-12-25)30(36)21-35(28-17-13-26(14-18-28)23(3)4)40(38,39)29-9-7-6-8-10-29/h6-18,22-24H,19-21H2,1-5H3,(H,33,37)/t24-/m0/s1. The number of amides is 2. The van der Waals surface area contributed by atoms with Crippen LogP contribution in [0, 0.1) is 5.92 Å². The first kappa shape index (κ1) is 31.4. The molecule has 214 valence electrons. The Balaban J connectivity index is 2.01. The molecule has 40 heavy (non-hydrogen) atoms. The largest absolute Gasteiger partial charge is 0.354 e. The molecule has 0 aliphatic heterocycles. The van der Waals surface area contributed by atoms with Crippen LogP contribution in [0.2, 0.25) is 0 Å². The Hall–Kier alpha value is -3.17. The van der Waals surface area contributed by atoms with Gasteiger partial charge >= 0.3 is 0 Å². The van der Waals surface area contributed by atoms with E-state index < -0.39 is 28.5 Å². The predicted octanol–water partition coefficient (Wildman–Crippen LogP) is 5.96. The number of carbonyl (C=O) groups excluding carboxylic acids is 2. The third-order valence-electron chi connectivity index (χ3n) is 6.58. The summed E-state index contributed by atoms with van der Waals surface area (Å²) in [4.78, 5) is 28.6. The Morgan fingerprint density at radius 2 is 1.45 bits per heavy atom. The van der Waals surface area contributed by atoms with Gasteiger partial charge in [-0.2, -0.15) is 0 Å². The highest BCUT2D eigenvalue weighted by Crippen LogP contribution is 2.26. The van der Waals surface area contributed by atoms with E-state index in [9.17, 15) is 18.0 Å². The quantitative estimate of drug-likeness (QED) is 0.268. The van der Waals surface area contributed by atoms with E-state index in [-0.39, 0.29) is 29.2 Å². The number of sulfonamides is 1. The SMILES string of the molecule is CC(C)CNC(=O)[C@H](C)N(Cc1ccc(Br)cc1)C(=O)CN(c1ccc(C(C)C)cc1)S(=O)(=O)c1ccccc1. The first-order valence-electron chi connectivity index (χ1n) is 13.4. The van der Waals surface area contributed by atoms with E-state index in [0.29, 0.717) is 12.2 Å². The van der Waals surface area contributed by atoms with Gasteiger partial charge in [-0.1, -0.05) is 86.1 Å². The zero-order valence-corrected chi connectivity index (χ0v) is 26.1. The zero-order chi connectivity index (χ0) is 29.4. The van der Waals surface area contributed by atoms with Gasteiger partial charge in [0.1, 0.15) is 12.6 Å². The lowest BCUT2D eigenvalue weighted by Gasteiger charge is -2.32. The molecule has 0 bridgehead atoms. The lowest BCUT2D eigenvalue weighted by molar-refractivity contribution is -0.139. The minimum atomic E-state index is -4.08. The summed E-state index contributed by atoms with van der Waals surface area (Å²) in [6.45, 7) is 9.93. The lowest BCUT2D eigenvalue weighted by atomic mass is 10.0. The van der Waals surface area contributed by atoms with E-state index in [1.807, 2.05) is 50.2 Å². The average molecular weight is 629 g/mol. The maximum Gasteiger partial charge on any atom is 0.264 e. The van der Waals surface area contributed by atoms with Crippen LogP contribution in [-0.4, -0.2) is 44.3 Å². The number of halogens is 1. The van der Waals surface area contributed by atoms with Crippen molar-refractivity contribution in [1.29, 1.82) is 0 Å². The highest BCUT2D eigenvalue weighted by Gasteiger charge is 2.32. The van der Waals surface area contributed by atoms with Crippen molar-refractivity contribution in [2.75, 3.05) is 17.4 Å². The topological polar surface area (TPSA) is 86.8 Å². The van der Waals surface area contributed by atoms with E-state index in [1.54, 1.807) is 37.3 Å². The lowest BCUT2D eigenvalue weighted by Crippen LogP contribution is -2.51. The monoisotopic (exact) mass is 627 g/mol. The fourth-order valence-corrected chi connectivity index (χ4v) is 5.80. The van der Waals surface area contributed by atoms with Crippen molar-refractivity contribution in [2.45, 2.75) is 58.0 Å². The second-order valence-corrected chi connectivity index (χ2v) is 13.3. The molecule has 0 saturated carbocycles. The number of rotatable bonds is 12. The van der Waals surface area contributed by atoms with Gasteiger partial charge in [-0.15, -0.1) is 0 Å². The van der Waals surface area contributed by atoms with Gasteiger partial charge in [0.25, 0.3) is 10.0 Å². The molecule has 2 amide bonds. The van der Waals surface area contributed by atoms with Gasteiger partial charge in [0.05, 0.1) is 10.6 Å². The smallest absolute Gasteiger partial charge is 0.264 e. The van der Waals surface area contributed by atoms with Crippen molar-refractivity contribution in [3.05, 3.63) is 94.5 Å². The molecule has 7 nitrogen and oxygen atoms in total. The zero-order valence-electron chi connectivity index (χ0n) is 23.7. The summed E-state index contributed by atoms with van der Waals surface area (Å²) in [7, 11) is -4.08. The second-order valence-electron chi connectivity index (χ2n) is 10.5. The molecule has 0 heterocycles. The fraction of sp³-hybridized carbons (Fsp3) is 0.355. The Kier molecular flexibility index (Phi) is 10.9. The van der Waals surface area contributed by atoms with E-state index in [2.05, 4.69) is 35.1 Å². The van der Waals surface area contributed by atoms with Crippen LogP contribution >= 0.6 is 15.9 Å². The van der Waals surface area contributed by atoms with Crippen LogP contribution in [0.15, 0.2) is 88.2 Å². The summed E-state index contributed by atoms with van der Waals surface area (Å²) in [5, 5.41) is 2.90. The fourth-order valence-electron chi connectivity index (χ4n) is 4.10. The summed E-state index contributed by atoms with van der Waals surface area (Å²) in [6.07, 6.45) is 0. The van der Waals surface area contributed by atoms with Gasteiger partial charge < -0.3 is 10.2 Å². The van der Waals surface area contributed by atoms with Crippen molar-refractivity contribution in [3.8, 4) is 0 Å². The first-order chi connectivity index (χ1) is 18.9. The van der Waals surface area contributed by atoms with Crippen molar-refractivity contribution in [2.24, 2.45) is 5.92 Å². The molecule has 0 radical (unpaired) electrons. The number of hydrogen-bond donors (Lipinski definition) is 1. The molecule has 3 aromatic rings. The normalized spacial score (nSPS) is 12.3. The summed E-state index contributed by atoms with van der Waals surface area (Å²) >= 11 is 3.43. The number of hydrogen-bond acceptors (Lipinski definition) is 4. The molecule has 9 heteroatoms. The maximum atomic E-state index is 14.0. The van der Waals surface area contributed by atoms with E-state index in [4.69, 9.17) is 0 Å². The van der Waals surface area contributed by atoms with Crippen molar-refractivity contribution >= 4 is 43.5 Å². The van der Waals surface area contributed by atoms with E-state index >= 15 is 0 Å². The number of nitrogens with zero attached hydrogens (tertiary/aromatic N) is 2. The third-order valence-corrected chi connectivity index (χ3v) is 8.89. The number of benzene rings is 3. The highest BCUT2D eigenvalue weighted by molar-refractivity contribution is 9.10. The van der Waals surface area contributed by atoms with Crippen molar-refractivity contribution in [3.63, 3.8) is 0 Å². The summed E-state index contributed by atoms with van der Waals surface area (Å²) in [5.41, 5.74) is 2.25. The Bertz CT molecular complexity index is 1380. The maximum absolute atomic E-state index is 14.0. The third kappa shape index (κ3) is 8.17. The summed E-state index contributed by atoms with van der Waals surface area (Å²) in [5.74, 6) is -0.269. The molecule has 0 aliphatic carbocycles. The Labute approximate surface area is 246 Å². The second kappa shape index (κ2) is 13.9. The molecule has 0 fully saturated rings. The molecule has 3 aromatic carbocycles. The van der Waals surface area contributed by atoms with Crippen LogP contribution < -0.4 is 9.62 Å². The molecule has 0 spiro atoms. The van der Waals surface area contributed by atoms with Crippen LogP contribution in [0.3, 0.4) is 0 Å². The summed E-state index contributed by atoms with van der Waals surface area (Å²) in [6, 6.07) is 21.9. The summed E-state index contributed by atoms with van der Waals surface area (Å²) < 4.78 is 29.7. The average Bonchev–Trinajstić information content (AvgIpc) is 2.94. The Morgan fingerprint density at radius 3 is 2.00 bits per heavy atom. The van der Waals surface area contributed by atoms with Gasteiger partial charge in [0, 0.05) is 17.6 Å². The molecular weight excluding hydrogens is 590 g/mol. The first-order valence-corrected chi connectivity index (χ1v) is 15.6. The van der Waals surface area contributed by atoms with Crippen LogP contribution in [0.25, 0.3) is 0 Å². The van der Waals surface area contributed by atoms with Gasteiger partial charge in [-0.3, -0.25) is 13.9 Å². The molecule has 0 aliphatic rings. The van der Waals surface area contributed by atoms with Crippen LogP contribution in [-0.2, 0) is 26.2 Å². The van der Waals surface area contributed by atoms with E-state index in [1.165, 1.54) is 17.0 Å². The van der Waals surface area contributed by atoms with Gasteiger partial charge in [0.2, 0.25) is 11.8 Å². The molecule has 1 atom stereocenters. The molecule has 3 rings (SSSR count). The Morgan fingerprint density at radius 1 is 0.850 bits per heavy atom. The number of carbonyl (C=O) groups is 2. The van der Waals surface area contributed by atoms with Crippen LogP contribution in [0.1, 0.15) is 51.7 Å². The molecule has 0 saturated heterocycles.